The van der Waals surface area contributed by atoms with Crippen molar-refractivity contribution in [2.45, 2.75) is 18.8 Å². The van der Waals surface area contributed by atoms with E-state index in [2.05, 4.69) is 0 Å². The Labute approximate surface area is 116 Å². The third-order valence-electron chi connectivity index (χ3n) is 3.92. The van der Waals surface area contributed by atoms with E-state index in [0.29, 0.717) is 23.1 Å². The summed E-state index contributed by atoms with van der Waals surface area (Å²) in [5.74, 6) is 1.12. The van der Waals surface area contributed by atoms with Crippen molar-refractivity contribution in [2.24, 2.45) is 0 Å². The number of hydrogen-bond acceptors (Lipinski definition) is 4. The molecule has 2 N–H and O–H groups in total. The van der Waals surface area contributed by atoms with Crippen molar-refractivity contribution in [1.82, 2.24) is 4.90 Å². The molecule has 0 unspecified atom stereocenters. The maximum absolute atomic E-state index is 12.1. The van der Waals surface area contributed by atoms with Gasteiger partial charge in [0.15, 0.2) is 11.3 Å². The van der Waals surface area contributed by atoms with E-state index < -0.39 is 0 Å². The van der Waals surface area contributed by atoms with Crippen LogP contribution in [0.15, 0.2) is 33.5 Å². The molecule has 0 radical (unpaired) electrons. The number of carbonyl (C=O) groups excluding carboxylic acids is 1. The van der Waals surface area contributed by atoms with E-state index in [0.717, 1.165) is 37.9 Å². The van der Waals surface area contributed by atoms with Gasteiger partial charge < -0.3 is 15.1 Å². The number of carbonyl (C=O) groups is 1. The molecule has 3 rings (SSSR count). The van der Waals surface area contributed by atoms with Crippen LogP contribution in [0.25, 0.3) is 11.3 Å². The van der Waals surface area contributed by atoms with Crippen molar-refractivity contribution in [1.29, 1.82) is 0 Å². The summed E-state index contributed by atoms with van der Waals surface area (Å²) < 4.78 is 5.43. The summed E-state index contributed by atoms with van der Waals surface area (Å²) in [5.41, 5.74) is 7.11. The standard InChI is InChI=1S/C15H16N2O3/c16-15-2-1-12-13(19)7-11(8-14(12)20-15)10-3-5-17(9-18)6-4-10/h1-2,7-10H,3-6,16H2. The Morgan fingerprint density at radius 1 is 1.25 bits per heavy atom. The van der Waals surface area contributed by atoms with Gasteiger partial charge in [0.1, 0.15) is 5.76 Å². The molecule has 104 valence electrons. The molecule has 1 aliphatic carbocycles. The molecule has 0 spiro atoms. The number of amides is 1. The number of rotatable bonds is 2. The third kappa shape index (κ3) is 2.27. The summed E-state index contributed by atoms with van der Waals surface area (Å²) in [6, 6.07) is 6.85. The highest BCUT2D eigenvalue weighted by Gasteiger charge is 2.22. The number of nitrogen functional groups attached to an aromatic ring is 1. The molecule has 2 heterocycles. The van der Waals surface area contributed by atoms with Crippen LogP contribution < -0.4 is 11.2 Å². The molecule has 1 fully saturated rings. The summed E-state index contributed by atoms with van der Waals surface area (Å²) >= 11 is 0. The summed E-state index contributed by atoms with van der Waals surface area (Å²) in [5, 5.41) is 0. The maximum atomic E-state index is 12.1. The van der Waals surface area contributed by atoms with Gasteiger partial charge in [0, 0.05) is 13.1 Å². The Balaban J connectivity index is 1.95. The predicted molar refractivity (Wildman–Crippen MR) is 75.6 cm³/mol. The Hall–Kier alpha value is -2.30. The number of piperidine rings is 1. The molecule has 0 bridgehead atoms. The van der Waals surface area contributed by atoms with Crippen LogP contribution in [0.4, 0.5) is 5.88 Å². The molecule has 0 saturated carbocycles. The number of nitrogens with two attached hydrogens (primary N) is 1. The first-order valence-corrected chi connectivity index (χ1v) is 6.70. The zero-order chi connectivity index (χ0) is 14.1. The highest BCUT2D eigenvalue weighted by molar-refractivity contribution is 5.61. The SMILES string of the molecule is Nc1ccc2c(=O)cc(C3CCN(C=O)CC3)cc-2o1. The Bertz CT molecular complexity index is 657. The molecule has 5 heteroatoms. The summed E-state index contributed by atoms with van der Waals surface area (Å²) in [6.45, 7) is 1.46. The van der Waals surface area contributed by atoms with Gasteiger partial charge >= 0.3 is 0 Å². The lowest BCUT2D eigenvalue weighted by Gasteiger charge is -2.29. The van der Waals surface area contributed by atoms with E-state index in [1.807, 2.05) is 6.07 Å². The molecule has 3 aliphatic rings. The van der Waals surface area contributed by atoms with Crippen molar-refractivity contribution in [3.63, 3.8) is 0 Å². The van der Waals surface area contributed by atoms with E-state index in [-0.39, 0.29) is 5.43 Å². The molecule has 0 aromatic carbocycles. The average molecular weight is 272 g/mol. The molecule has 0 aromatic heterocycles. The minimum atomic E-state index is -0.0425. The van der Waals surface area contributed by atoms with Crippen LogP contribution in [-0.4, -0.2) is 24.4 Å². The smallest absolute Gasteiger partial charge is 0.209 e. The minimum absolute atomic E-state index is 0.0425. The van der Waals surface area contributed by atoms with Gasteiger partial charge in [-0.05, 0) is 48.6 Å². The summed E-state index contributed by atoms with van der Waals surface area (Å²) in [6.07, 6.45) is 2.61. The topological polar surface area (TPSA) is 76.5 Å². The number of fused-ring (bicyclic) bond motifs is 1. The van der Waals surface area contributed by atoms with Crippen LogP contribution in [0.3, 0.4) is 0 Å². The van der Waals surface area contributed by atoms with Gasteiger partial charge in [-0.2, -0.15) is 0 Å². The Morgan fingerprint density at radius 3 is 2.70 bits per heavy atom. The lowest BCUT2D eigenvalue weighted by molar-refractivity contribution is -0.119. The fourth-order valence-corrected chi connectivity index (χ4v) is 2.77. The highest BCUT2D eigenvalue weighted by Crippen LogP contribution is 2.30. The van der Waals surface area contributed by atoms with Crippen LogP contribution in [0.5, 0.6) is 0 Å². The number of benzene rings is 1. The monoisotopic (exact) mass is 272 g/mol. The lowest BCUT2D eigenvalue weighted by atomic mass is 9.88. The highest BCUT2D eigenvalue weighted by atomic mass is 16.3. The second-order valence-electron chi connectivity index (χ2n) is 5.18. The average Bonchev–Trinajstić information content (AvgIpc) is 2.46. The van der Waals surface area contributed by atoms with E-state index in [9.17, 15) is 9.59 Å². The molecule has 20 heavy (non-hydrogen) atoms. The van der Waals surface area contributed by atoms with Crippen molar-refractivity contribution in [3.05, 3.63) is 40.1 Å². The number of hydrogen-bond donors (Lipinski definition) is 1. The third-order valence-corrected chi connectivity index (χ3v) is 3.92. The van der Waals surface area contributed by atoms with Gasteiger partial charge in [-0.25, -0.2) is 0 Å². The Kier molecular flexibility index (Phi) is 3.18. The molecule has 1 saturated heterocycles. The molecule has 0 atom stereocenters. The zero-order valence-electron chi connectivity index (χ0n) is 11.0. The van der Waals surface area contributed by atoms with E-state index in [1.54, 1.807) is 23.1 Å². The van der Waals surface area contributed by atoms with Gasteiger partial charge in [0.25, 0.3) is 0 Å². The maximum Gasteiger partial charge on any atom is 0.209 e. The van der Waals surface area contributed by atoms with Crippen LogP contribution in [0, 0.1) is 0 Å². The van der Waals surface area contributed by atoms with Crippen LogP contribution in [-0.2, 0) is 4.79 Å². The van der Waals surface area contributed by atoms with Crippen LogP contribution >= 0.6 is 0 Å². The lowest BCUT2D eigenvalue weighted by Crippen LogP contribution is -2.31. The van der Waals surface area contributed by atoms with Gasteiger partial charge in [0.05, 0.1) is 5.56 Å². The second-order valence-corrected chi connectivity index (χ2v) is 5.18. The molecule has 1 amide bonds. The van der Waals surface area contributed by atoms with E-state index >= 15 is 0 Å². The first kappa shape index (κ1) is 12.7. The predicted octanol–water partition coefficient (Wildman–Crippen LogP) is 1.66. The number of anilines is 1. The molecule has 2 aliphatic heterocycles. The first-order valence-electron chi connectivity index (χ1n) is 6.70. The van der Waals surface area contributed by atoms with Gasteiger partial charge in [-0.3, -0.25) is 9.59 Å². The number of likely N-dealkylation sites (tertiary alicyclic amines) is 1. The molecule has 5 nitrogen and oxygen atoms in total. The second kappa shape index (κ2) is 5.00. The van der Waals surface area contributed by atoms with E-state index in [4.69, 9.17) is 10.2 Å². The fraction of sp³-hybridized carbons (Fsp3) is 0.333. The van der Waals surface area contributed by atoms with Gasteiger partial charge in [-0.15, -0.1) is 0 Å². The molecule has 0 aromatic rings. The normalized spacial score (nSPS) is 16.5. The van der Waals surface area contributed by atoms with Crippen LogP contribution in [0.2, 0.25) is 0 Å². The van der Waals surface area contributed by atoms with Crippen molar-refractivity contribution in [2.75, 3.05) is 18.8 Å². The van der Waals surface area contributed by atoms with Gasteiger partial charge in [-0.1, -0.05) is 0 Å². The van der Waals surface area contributed by atoms with Gasteiger partial charge in [0.2, 0.25) is 6.41 Å². The van der Waals surface area contributed by atoms with E-state index in [1.165, 1.54) is 0 Å². The largest absolute Gasteiger partial charge is 0.441 e. The Morgan fingerprint density at radius 2 is 2.00 bits per heavy atom. The molecular formula is C15H16N2O3. The number of nitrogens with zero attached hydrogens (tertiary/aromatic N) is 1. The van der Waals surface area contributed by atoms with Crippen LogP contribution in [0.1, 0.15) is 24.3 Å². The van der Waals surface area contributed by atoms with Crippen molar-refractivity contribution >= 4 is 12.3 Å². The van der Waals surface area contributed by atoms with Crippen molar-refractivity contribution in [3.8, 4) is 11.3 Å². The zero-order valence-corrected chi connectivity index (χ0v) is 11.0. The van der Waals surface area contributed by atoms with Crippen molar-refractivity contribution < 1.29 is 9.21 Å². The fourth-order valence-electron chi connectivity index (χ4n) is 2.77. The first-order chi connectivity index (χ1) is 9.67. The summed E-state index contributed by atoms with van der Waals surface area (Å²) in [4.78, 5) is 24.6. The minimum Gasteiger partial charge on any atom is -0.441 e. The summed E-state index contributed by atoms with van der Waals surface area (Å²) in [7, 11) is 0. The molecular weight excluding hydrogens is 256 g/mol. The quantitative estimate of drug-likeness (QED) is 0.843.